The van der Waals surface area contributed by atoms with Gasteiger partial charge in [-0.2, -0.15) is 0 Å². The highest BCUT2D eigenvalue weighted by Gasteiger charge is 2.15. The molecule has 0 spiro atoms. The first-order valence-corrected chi connectivity index (χ1v) is 9.66. The standard InChI is InChI=1S/C23H16ClN3O4/c24-18-7-3-1-5-15(18)13-31-21-11-17(16-6-2-4-8-19(16)26-21)22(28)27-20-10-9-14(12-25-20)23(29)30/h1-12H,13H2,(H,29,30)(H,25,27,28). The normalized spacial score (nSPS) is 10.6. The van der Waals surface area contributed by atoms with E-state index in [2.05, 4.69) is 15.3 Å². The summed E-state index contributed by atoms with van der Waals surface area (Å²) in [7, 11) is 0. The number of pyridine rings is 2. The number of carboxylic acid groups (broad SMARTS) is 1. The molecule has 8 heteroatoms. The van der Waals surface area contributed by atoms with Gasteiger partial charge in [-0.3, -0.25) is 4.79 Å². The van der Waals surface area contributed by atoms with Gasteiger partial charge in [0.25, 0.3) is 5.91 Å². The lowest BCUT2D eigenvalue weighted by molar-refractivity contribution is 0.0696. The number of aromatic nitrogens is 2. The third-order valence-corrected chi connectivity index (χ3v) is 4.89. The Labute approximate surface area is 182 Å². The minimum absolute atomic E-state index is 0.0302. The lowest BCUT2D eigenvalue weighted by Gasteiger charge is -2.12. The van der Waals surface area contributed by atoms with Crippen molar-refractivity contribution in [2.24, 2.45) is 0 Å². The molecule has 0 saturated heterocycles. The van der Waals surface area contributed by atoms with Gasteiger partial charge in [0.1, 0.15) is 12.4 Å². The molecule has 2 aromatic carbocycles. The molecule has 2 N–H and O–H groups in total. The Hall–Kier alpha value is -3.97. The van der Waals surface area contributed by atoms with Gasteiger partial charge in [-0.1, -0.05) is 48.0 Å². The van der Waals surface area contributed by atoms with Crippen molar-refractivity contribution < 1.29 is 19.4 Å². The van der Waals surface area contributed by atoms with Gasteiger partial charge in [0, 0.05) is 28.2 Å². The fraction of sp³-hybridized carbons (Fsp3) is 0.0435. The monoisotopic (exact) mass is 433 g/mol. The predicted octanol–water partition coefficient (Wildman–Crippen LogP) is 4.81. The molecule has 7 nitrogen and oxygen atoms in total. The zero-order valence-corrected chi connectivity index (χ0v) is 16.8. The number of halogens is 1. The van der Waals surface area contributed by atoms with Crippen molar-refractivity contribution in [1.29, 1.82) is 0 Å². The number of fused-ring (bicyclic) bond motifs is 1. The van der Waals surface area contributed by atoms with Crippen LogP contribution in [0, 0.1) is 0 Å². The van der Waals surface area contributed by atoms with Crippen LogP contribution >= 0.6 is 11.6 Å². The highest BCUT2D eigenvalue weighted by atomic mass is 35.5. The average Bonchev–Trinajstić information content (AvgIpc) is 2.78. The number of para-hydroxylation sites is 1. The molecule has 4 rings (SSSR count). The summed E-state index contributed by atoms with van der Waals surface area (Å²) in [6, 6.07) is 18.9. The number of amides is 1. The molecule has 4 aromatic rings. The number of carboxylic acids is 1. The van der Waals surface area contributed by atoms with Crippen LogP contribution in [0.4, 0.5) is 5.82 Å². The minimum Gasteiger partial charge on any atom is -0.478 e. The van der Waals surface area contributed by atoms with Crippen molar-refractivity contribution in [3.63, 3.8) is 0 Å². The Morgan fingerprint density at radius 2 is 1.81 bits per heavy atom. The quantitative estimate of drug-likeness (QED) is 0.452. The van der Waals surface area contributed by atoms with E-state index < -0.39 is 11.9 Å². The lowest BCUT2D eigenvalue weighted by Crippen LogP contribution is -2.14. The second-order valence-corrected chi connectivity index (χ2v) is 7.00. The molecular weight excluding hydrogens is 418 g/mol. The summed E-state index contributed by atoms with van der Waals surface area (Å²) >= 11 is 6.18. The summed E-state index contributed by atoms with van der Waals surface area (Å²) in [4.78, 5) is 32.4. The number of aromatic carboxylic acids is 1. The number of nitrogens with zero attached hydrogens (tertiary/aromatic N) is 2. The number of ether oxygens (including phenoxy) is 1. The van der Waals surface area contributed by atoms with Crippen LogP contribution in [0.2, 0.25) is 5.02 Å². The molecule has 0 aliphatic carbocycles. The molecule has 2 heterocycles. The summed E-state index contributed by atoms with van der Waals surface area (Å²) in [5.74, 6) is -1.00. The van der Waals surface area contributed by atoms with Crippen molar-refractivity contribution in [3.05, 3.63) is 94.6 Å². The Morgan fingerprint density at radius 3 is 2.55 bits per heavy atom. The molecule has 2 aromatic heterocycles. The molecule has 1 amide bonds. The Balaban J connectivity index is 1.62. The number of anilines is 1. The second-order valence-electron chi connectivity index (χ2n) is 6.60. The van der Waals surface area contributed by atoms with Crippen LogP contribution < -0.4 is 10.1 Å². The number of benzene rings is 2. The number of carbonyl (C=O) groups is 2. The number of carbonyl (C=O) groups excluding carboxylic acids is 1. The Kier molecular flexibility index (Phi) is 5.77. The molecule has 0 bridgehead atoms. The van der Waals surface area contributed by atoms with Crippen molar-refractivity contribution in [2.75, 3.05) is 5.32 Å². The summed E-state index contributed by atoms with van der Waals surface area (Å²) in [5, 5.41) is 12.9. The fourth-order valence-electron chi connectivity index (χ4n) is 2.96. The Bertz CT molecular complexity index is 1280. The summed E-state index contributed by atoms with van der Waals surface area (Å²) in [6.07, 6.45) is 1.18. The molecule has 0 aliphatic rings. The van der Waals surface area contributed by atoms with E-state index in [1.165, 1.54) is 18.3 Å². The zero-order valence-electron chi connectivity index (χ0n) is 16.1. The maximum absolute atomic E-state index is 13.0. The molecule has 0 radical (unpaired) electrons. The van der Waals surface area contributed by atoms with E-state index in [1.807, 2.05) is 30.3 Å². The van der Waals surface area contributed by atoms with Crippen LogP contribution in [0.3, 0.4) is 0 Å². The van der Waals surface area contributed by atoms with Crippen molar-refractivity contribution in [2.45, 2.75) is 6.61 Å². The van der Waals surface area contributed by atoms with Gasteiger partial charge in [0.15, 0.2) is 0 Å². The summed E-state index contributed by atoms with van der Waals surface area (Å²) < 4.78 is 5.81. The minimum atomic E-state index is -1.09. The van der Waals surface area contributed by atoms with Crippen LogP contribution in [0.1, 0.15) is 26.3 Å². The van der Waals surface area contributed by atoms with E-state index in [1.54, 1.807) is 24.3 Å². The van der Waals surface area contributed by atoms with Crippen LogP contribution in [0.15, 0.2) is 72.9 Å². The third kappa shape index (κ3) is 4.62. The maximum atomic E-state index is 13.0. The highest BCUT2D eigenvalue weighted by molar-refractivity contribution is 6.31. The van der Waals surface area contributed by atoms with Crippen LogP contribution in [0.25, 0.3) is 10.9 Å². The zero-order chi connectivity index (χ0) is 21.8. The van der Waals surface area contributed by atoms with E-state index in [4.69, 9.17) is 21.4 Å². The number of rotatable bonds is 6. The summed E-state index contributed by atoms with van der Waals surface area (Å²) in [5.41, 5.74) is 1.78. The van der Waals surface area contributed by atoms with E-state index in [9.17, 15) is 9.59 Å². The topological polar surface area (TPSA) is 101 Å². The molecule has 31 heavy (non-hydrogen) atoms. The lowest BCUT2D eigenvalue weighted by atomic mass is 10.1. The number of hydrogen-bond donors (Lipinski definition) is 2. The molecule has 154 valence electrons. The second kappa shape index (κ2) is 8.81. The number of nitrogens with one attached hydrogen (secondary N) is 1. The maximum Gasteiger partial charge on any atom is 0.337 e. The first-order valence-electron chi connectivity index (χ1n) is 9.28. The smallest absolute Gasteiger partial charge is 0.337 e. The summed E-state index contributed by atoms with van der Waals surface area (Å²) in [6.45, 7) is 0.199. The molecule has 0 saturated carbocycles. The van der Waals surface area contributed by atoms with Gasteiger partial charge >= 0.3 is 5.97 Å². The van der Waals surface area contributed by atoms with Crippen LogP contribution in [0.5, 0.6) is 5.88 Å². The molecule has 0 fully saturated rings. The van der Waals surface area contributed by atoms with E-state index in [-0.39, 0.29) is 23.9 Å². The van der Waals surface area contributed by atoms with E-state index in [0.29, 0.717) is 21.5 Å². The van der Waals surface area contributed by atoms with Gasteiger partial charge in [-0.15, -0.1) is 0 Å². The van der Waals surface area contributed by atoms with Crippen molar-refractivity contribution in [3.8, 4) is 5.88 Å². The van der Waals surface area contributed by atoms with Crippen molar-refractivity contribution in [1.82, 2.24) is 9.97 Å². The fourth-order valence-corrected chi connectivity index (χ4v) is 3.15. The SMILES string of the molecule is O=C(O)c1ccc(NC(=O)c2cc(OCc3ccccc3Cl)nc3ccccc23)nc1. The van der Waals surface area contributed by atoms with Crippen molar-refractivity contribution >= 4 is 40.2 Å². The molecular formula is C23H16ClN3O4. The van der Waals surface area contributed by atoms with E-state index >= 15 is 0 Å². The highest BCUT2D eigenvalue weighted by Crippen LogP contribution is 2.24. The molecule has 0 aliphatic heterocycles. The van der Waals surface area contributed by atoms with Gasteiger partial charge in [0.05, 0.1) is 16.6 Å². The average molecular weight is 434 g/mol. The van der Waals surface area contributed by atoms with Gasteiger partial charge in [-0.25, -0.2) is 14.8 Å². The third-order valence-electron chi connectivity index (χ3n) is 4.52. The molecule has 0 unspecified atom stereocenters. The van der Waals surface area contributed by atoms with Gasteiger partial charge in [0.2, 0.25) is 5.88 Å². The Morgan fingerprint density at radius 1 is 1.03 bits per heavy atom. The largest absolute Gasteiger partial charge is 0.478 e. The van der Waals surface area contributed by atoms with Crippen LogP contribution in [-0.2, 0) is 6.61 Å². The first-order chi connectivity index (χ1) is 15.0. The van der Waals surface area contributed by atoms with Crippen LogP contribution in [-0.4, -0.2) is 27.0 Å². The predicted molar refractivity (Wildman–Crippen MR) is 117 cm³/mol. The molecule has 0 atom stereocenters. The van der Waals surface area contributed by atoms with E-state index in [0.717, 1.165) is 5.56 Å². The number of hydrogen-bond acceptors (Lipinski definition) is 5. The first kappa shape index (κ1) is 20.3. The van der Waals surface area contributed by atoms with Gasteiger partial charge < -0.3 is 15.2 Å². The van der Waals surface area contributed by atoms with Gasteiger partial charge in [-0.05, 0) is 24.3 Å².